The van der Waals surface area contributed by atoms with Gasteiger partial charge in [0, 0.05) is 0 Å². The van der Waals surface area contributed by atoms with Crippen LogP contribution in [0.3, 0.4) is 0 Å². The van der Waals surface area contributed by atoms with Crippen LogP contribution < -0.4 is 14.2 Å². The number of amides is 2. The highest BCUT2D eigenvalue weighted by Gasteiger charge is 2.35. The SMILES string of the molecule is C#CCOc1c(Br)cc(/C=C2\SC(=O)N(CCOc3cc(C)ccc3C(C)C)C2=O)cc1OC. The first-order valence-corrected chi connectivity index (χ1v) is 12.3. The van der Waals surface area contributed by atoms with E-state index in [0.717, 1.165) is 28.6 Å². The monoisotopic (exact) mass is 543 g/mol. The van der Waals surface area contributed by atoms with Gasteiger partial charge < -0.3 is 14.2 Å². The molecule has 1 heterocycles. The van der Waals surface area contributed by atoms with Gasteiger partial charge in [-0.2, -0.15) is 0 Å². The van der Waals surface area contributed by atoms with Crippen LogP contribution in [0.25, 0.3) is 6.08 Å². The Balaban J connectivity index is 1.72. The molecule has 0 saturated carbocycles. The lowest BCUT2D eigenvalue weighted by atomic mass is 10.0. The first kappa shape index (κ1) is 25.7. The summed E-state index contributed by atoms with van der Waals surface area (Å²) in [6, 6.07) is 9.57. The van der Waals surface area contributed by atoms with Gasteiger partial charge >= 0.3 is 0 Å². The fourth-order valence-electron chi connectivity index (χ4n) is 3.41. The molecule has 1 fully saturated rings. The molecule has 178 valence electrons. The molecular weight excluding hydrogens is 518 g/mol. The summed E-state index contributed by atoms with van der Waals surface area (Å²) < 4.78 is 17.5. The number of methoxy groups -OCH3 is 1. The fraction of sp³-hybridized carbons (Fsp3) is 0.308. The quantitative estimate of drug-likeness (QED) is 0.284. The standard InChI is InChI=1S/C26H26BrNO5S/c1-6-10-33-24-20(27)13-18(14-22(24)31-5)15-23-25(29)28(26(30)34-23)9-11-32-21-12-17(4)7-8-19(21)16(2)3/h1,7-8,12-16H,9-11H2,2-5H3/b23-15-. The van der Waals surface area contributed by atoms with Crippen LogP contribution in [-0.2, 0) is 4.79 Å². The molecule has 0 bridgehead atoms. The van der Waals surface area contributed by atoms with Crippen molar-refractivity contribution in [2.45, 2.75) is 26.7 Å². The van der Waals surface area contributed by atoms with Crippen LogP contribution in [0, 0.1) is 19.3 Å². The molecule has 3 rings (SSSR count). The van der Waals surface area contributed by atoms with E-state index in [2.05, 4.69) is 35.7 Å². The number of hydrogen-bond acceptors (Lipinski definition) is 6. The molecule has 0 spiro atoms. The zero-order valence-electron chi connectivity index (χ0n) is 19.5. The molecule has 1 aliphatic heterocycles. The predicted octanol–water partition coefficient (Wildman–Crippen LogP) is 6.02. The number of terminal acetylenes is 1. The lowest BCUT2D eigenvalue weighted by molar-refractivity contribution is -0.123. The van der Waals surface area contributed by atoms with Gasteiger partial charge in [0.2, 0.25) is 0 Å². The van der Waals surface area contributed by atoms with Crippen molar-refractivity contribution in [3.05, 3.63) is 56.4 Å². The predicted molar refractivity (Wildman–Crippen MR) is 138 cm³/mol. The molecule has 0 atom stereocenters. The van der Waals surface area contributed by atoms with Crippen molar-refractivity contribution in [3.63, 3.8) is 0 Å². The Morgan fingerprint density at radius 1 is 1.18 bits per heavy atom. The second-order valence-corrected chi connectivity index (χ2v) is 9.75. The Kier molecular flexibility index (Phi) is 8.70. The van der Waals surface area contributed by atoms with Crippen molar-refractivity contribution in [2.24, 2.45) is 0 Å². The van der Waals surface area contributed by atoms with Crippen LogP contribution in [0.2, 0.25) is 0 Å². The van der Waals surface area contributed by atoms with Crippen LogP contribution in [0.5, 0.6) is 17.2 Å². The molecule has 0 aliphatic carbocycles. The lowest BCUT2D eigenvalue weighted by Crippen LogP contribution is -2.32. The third-order valence-corrected chi connectivity index (χ3v) is 6.58. The van der Waals surface area contributed by atoms with Crippen molar-refractivity contribution < 1.29 is 23.8 Å². The van der Waals surface area contributed by atoms with Gasteiger partial charge in [0.05, 0.1) is 23.0 Å². The number of halogens is 1. The number of ether oxygens (including phenoxy) is 3. The number of rotatable bonds is 9. The molecule has 2 aromatic rings. The largest absolute Gasteiger partial charge is 0.493 e. The number of hydrogen-bond donors (Lipinski definition) is 0. The molecule has 0 aromatic heterocycles. The third kappa shape index (κ3) is 5.96. The minimum absolute atomic E-state index is 0.0937. The van der Waals surface area contributed by atoms with Crippen LogP contribution in [0.15, 0.2) is 39.7 Å². The highest BCUT2D eigenvalue weighted by atomic mass is 79.9. The number of carbonyl (C=O) groups is 2. The molecular formula is C26H26BrNO5S. The molecule has 1 saturated heterocycles. The lowest BCUT2D eigenvalue weighted by Gasteiger charge is -2.17. The van der Waals surface area contributed by atoms with Crippen molar-refractivity contribution >= 4 is 44.9 Å². The van der Waals surface area contributed by atoms with E-state index >= 15 is 0 Å². The summed E-state index contributed by atoms with van der Waals surface area (Å²) in [6.45, 7) is 6.67. The van der Waals surface area contributed by atoms with Crippen LogP contribution in [0.4, 0.5) is 4.79 Å². The Hall–Kier alpha value is -2.89. The number of carbonyl (C=O) groups excluding carboxylic acids is 2. The molecule has 0 N–H and O–H groups in total. The summed E-state index contributed by atoms with van der Waals surface area (Å²) in [4.78, 5) is 27.0. The second-order valence-electron chi connectivity index (χ2n) is 7.90. The van der Waals surface area contributed by atoms with Gasteiger partial charge in [-0.3, -0.25) is 14.5 Å². The molecule has 8 heteroatoms. The van der Waals surface area contributed by atoms with E-state index in [4.69, 9.17) is 20.6 Å². The number of aryl methyl sites for hydroxylation is 1. The average molecular weight is 544 g/mol. The summed E-state index contributed by atoms with van der Waals surface area (Å²) in [7, 11) is 1.51. The Bertz CT molecular complexity index is 1170. The van der Waals surface area contributed by atoms with Crippen LogP contribution in [-0.4, -0.2) is 42.9 Å². The fourth-order valence-corrected chi connectivity index (χ4v) is 4.85. The van der Waals surface area contributed by atoms with E-state index in [1.807, 2.05) is 25.1 Å². The summed E-state index contributed by atoms with van der Waals surface area (Å²) in [5, 5.41) is -0.326. The van der Waals surface area contributed by atoms with Gasteiger partial charge in [-0.1, -0.05) is 31.9 Å². The molecule has 0 unspecified atom stereocenters. The van der Waals surface area contributed by atoms with Crippen molar-refractivity contribution in [3.8, 4) is 29.6 Å². The number of imide groups is 1. The van der Waals surface area contributed by atoms with E-state index in [0.29, 0.717) is 32.4 Å². The number of benzene rings is 2. The molecule has 6 nitrogen and oxygen atoms in total. The van der Waals surface area contributed by atoms with E-state index in [1.165, 1.54) is 12.0 Å². The van der Waals surface area contributed by atoms with E-state index in [-0.39, 0.29) is 30.9 Å². The summed E-state index contributed by atoms with van der Waals surface area (Å²) in [5.41, 5.74) is 2.86. The maximum atomic E-state index is 12.9. The van der Waals surface area contributed by atoms with E-state index in [9.17, 15) is 9.59 Å². The summed E-state index contributed by atoms with van der Waals surface area (Å²) >= 11 is 4.35. The first-order chi connectivity index (χ1) is 16.2. The zero-order chi connectivity index (χ0) is 24.8. The number of thioether (sulfide) groups is 1. The van der Waals surface area contributed by atoms with Gasteiger partial charge in [-0.15, -0.1) is 6.42 Å². The smallest absolute Gasteiger partial charge is 0.293 e. The maximum Gasteiger partial charge on any atom is 0.293 e. The first-order valence-electron chi connectivity index (χ1n) is 10.7. The van der Waals surface area contributed by atoms with Crippen molar-refractivity contribution in [2.75, 3.05) is 26.9 Å². The summed E-state index contributed by atoms with van der Waals surface area (Å²) in [6.07, 6.45) is 6.92. The van der Waals surface area contributed by atoms with Gasteiger partial charge in [0.25, 0.3) is 11.1 Å². The van der Waals surface area contributed by atoms with E-state index < -0.39 is 0 Å². The average Bonchev–Trinajstić information content (AvgIpc) is 3.05. The van der Waals surface area contributed by atoms with Crippen molar-refractivity contribution in [1.82, 2.24) is 4.90 Å². The maximum absolute atomic E-state index is 12.9. The number of nitrogens with zero attached hydrogens (tertiary/aromatic N) is 1. The zero-order valence-corrected chi connectivity index (χ0v) is 21.9. The van der Waals surface area contributed by atoms with Gasteiger partial charge in [-0.05, 0) is 81.5 Å². The van der Waals surface area contributed by atoms with E-state index in [1.54, 1.807) is 18.2 Å². The highest BCUT2D eigenvalue weighted by Crippen LogP contribution is 2.39. The molecule has 1 aliphatic rings. The Labute approximate surface area is 212 Å². The molecule has 2 aromatic carbocycles. The minimum Gasteiger partial charge on any atom is -0.493 e. The molecule has 34 heavy (non-hydrogen) atoms. The highest BCUT2D eigenvalue weighted by molar-refractivity contribution is 9.10. The molecule has 0 radical (unpaired) electrons. The van der Waals surface area contributed by atoms with Gasteiger partial charge in [0.1, 0.15) is 19.0 Å². The van der Waals surface area contributed by atoms with Crippen LogP contribution in [0.1, 0.15) is 36.5 Å². The normalized spacial score (nSPS) is 14.6. The topological polar surface area (TPSA) is 65.1 Å². The van der Waals surface area contributed by atoms with Gasteiger partial charge in [0.15, 0.2) is 11.5 Å². The minimum atomic E-state index is -0.352. The second kappa shape index (κ2) is 11.5. The third-order valence-electron chi connectivity index (χ3n) is 5.09. The summed E-state index contributed by atoms with van der Waals surface area (Å²) in [5.74, 6) is 4.07. The Morgan fingerprint density at radius 2 is 1.94 bits per heavy atom. The Morgan fingerprint density at radius 3 is 2.62 bits per heavy atom. The van der Waals surface area contributed by atoms with Crippen LogP contribution >= 0.6 is 27.7 Å². The van der Waals surface area contributed by atoms with Crippen molar-refractivity contribution in [1.29, 1.82) is 0 Å². The van der Waals surface area contributed by atoms with Gasteiger partial charge in [-0.25, -0.2) is 0 Å². The molecule has 2 amide bonds.